The minimum absolute atomic E-state index is 0.269. The van der Waals surface area contributed by atoms with Gasteiger partial charge in [-0.05, 0) is 44.9 Å². The van der Waals surface area contributed by atoms with Crippen LogP contribution in [0.1, 0.15) is 39.0 Å². The number of rotatable bonds is 9. The fraction of sp³-hybridized carbons (Fsp3) is 1.00. The first-order valence-corrected chi connectivity index (χ1v) is 6.89. The Kier molecular flexibility index (Phi) is 4.62. The van der Waals surface area contributed by atoms with Gasteiger partial charge in [-0.2, -0.15) is 0 Å². The number of ether oxygens (including phenoxy) is 1. The van der Waals surface area contributed by atoms with Gasteiger partial charge in [-0.25, -0.2) is 0 Å². The van der Waals surface area contributed by atoms with Crippen molar-refractivity contribution in [3.05, 3.63) is 0 Å². The van der Waals surface area contributed by atoms with E-state index in [1.54, 1.807) is 0 Å². The molecule has 0 radical (unpaired) electrons. The van der Waals surface area contributed by atoms with Crippen molar-refractivity contribution in [2.24, 2.45) is 11.7 Å². The molecule has 2 fully saturated rings. The molecule has 1 atom stereocenters. The van der Waals surface area contributed by atoms with Crippen molar-refractivity contribution < 1.29 is 4.74 Å². The maximum Gasteiger partial charge on any atom is 0.0709 e. The van der Waals surface area contributed by atoms with Gasteiger partial charge in [0, 0.05) is 32.3 Å². The summed E-state index contributed by atoms with van der Waals surface area (Å²) >= 11 is 0. The molecule has 0 aromatic carbocycles. The molecular weight excluding hydrogens is 200 g/mol. The summed E-state index contributed by atoms with van der Waals surface area (Å²) in [6.07, 6.45) is 7.10. The molecule has 0 aromatic rings. The maximum absolute atomic E-state index is 5.71. The first-order chi connectivity index (χ1) is 7.83. The summed E-state index contributed by atoms with van der Waals surface area (Å²) in [5.41, 5.74) is 5.71. The van der Waals surface area contributed by atoms with Crippen LogP contribution in [0.15, 0.2) is 0 Å². The van der Waals surface area contributed by atoms with E-state index in [4.69, 9.17) is 10.5 Å². The van der Waals surface area contributed by atoms with Crippen molar-refractivity contribution in [1.29, 1.82) is 0 Å². The van der Waals surface area contributed by atoms with Gasteiger partial charge in [0.15, 0.2) is 0 Å². The lowest BCUT2D eigenvalue weighted by Crippen LogP contribution is -2.34. The van der Waals surface area contributed by atoms with E-state index in [0.29, 0.717) is 6.54 Å². The number of nitrogens with two attached hydrogens (primary N) is 1. The van der Waals surface area contributed by atoms with E-state index in [-0.39, 0.29) is 6.10 Å². The van der Waals surface area contributed by atoms with Gasteiger partial charge in [-0.1, -0.05) is 0 Å². The molecule has 1 unspecified atom stereocenters. The highest BCUT2D eigenvalue weighted by Crippen LogP contribution is 2.34. The van der Waals surface area contributed by atoms with Gasteiger partial charge < -0.3 is 15.4 Å². The van der Waals surface area contributed by atoms with Crippen molar-refractivity contribution >= 4 is 0 Å². The molecule has 0 saturated heterocycles. The summed E-state index contributed by atoms with van der Waals surface area (Å²) in [5, 5.41) is 0. The second-order valence-corrected chi connectivity index (χ2v) is 5.27. The number of nitrogens with zero attached hydrogens (tertiary/aromatic N) is 1. The van der Waals surface area contributed by atoms with Crippen molar-refractivity contribution in [2.45, 2.75) is 51.2 Å². The molecule has 2 saturated carbocycles. The molecule has 3 nitrogen and oxygen atoms in total. The average Bonchev–Trinajstić information content (AvgIpc) is 3.15. The van der Waals surface area contributed by atoms with Crippen LogP contribution >= 0.6 is 0 Å². The first kappa shape index (κ1) is 12.3. The average molecular weight is 226 g/mol. The van der Waals surface area contributed by atoms with Gasteiger partial charge in [0.25, 0.3) is 0 Å². The summed E-state index contributed by atoms with van der Waals surface area (Å²) in [6, 6.07) is 0.889. The second kappa shape index (κ2) is 5.99. The molecule has 2 N–H and O–H groups in total. The van der Waals surface area contributed by atoms with Gasteiger partial charge >= 0.3 is 0 Å². The SMILES string of the molecule is CCOC(CN)CCN(CC1CC1)C1CC1. The van der Waals surface area contributed by atoms with Crippen LogP contribution in [-0.2, 0) is 4.74 Å². The van der Waals surface area contributed by atoms with Crippen LogP contribution in [-0.4, -0.2) is 43.3 Å². The number of hydrogen-bond acceptors (Lipinski definition) is 3. The molecule has 2 aliphatic carbocycles. The highest BCUT2D eigenvalue weighted by atomic mass is 16.5. The minimum atomic E-state index is 0.269. The van der Waals surface area contributed by atoms with E-state index in [2.05, 4.69) is 4.90 Å². The minimum Gasteiger partial charge on any atom is -0.377 e. The molecule has 3 heteroatoms. The van der Waals surface area contributed by atoms with E-state index in [1.807, 2.05) is 6.92 Å². The predicted octanol–water partition coefficient (Wildman–Crippen LogP) is 1.61. The Morgan fingerprint density at radius 2 is 2.06 bits per heavy atom. The Labute approximate surface area is 99.3 Å². The van der Waals surface area contributed by atoms with E-state index >= 15 is 0 Å². The third-order valence-corrected chi connectivity index (χ3v) is 3.66. The van der Waals surface area contributed by atoms with E-state index in [9.17, 15) is 0 Å². The zero-order valence-electron chi connectivity index (χ0n) is 10.5. The van der Waals surface area contributed by atoms with Crippen molar-refractivity contribution in [3.63, 3.8) is 0 Å². The summed E-state index contributed by atoms with van der Waals surface area (Å²) in [5.74, 6) is 1.00. The van der Waals surface area contributed by atoms with Crippen LogP contribution in [0.2, 0.25) is 0 Å². The lowest BCUT2D eigenvalue weighted by molar-refractivity contribution is 0.0531. The molecule has 0 aromatic heterocycles. The summed E-state index contributed by atoms with van der Waals surface area (Å²) in [6.45, 7) is 6.01. The highest BCUT2D eigenvalue weighted by molar-refractivity contribution is 4.88. The number of hydrogen-bond donors (Lipinski definition) is 1. The fourth-order valence-electron chi connectivity index (χ4n) is 2.31. The zero-order valence-corrected chi connectivity index (χ0v) is 10.5. The zero-order chi connectivity index (χ0) is 11.4. The molecule has 16 heavy (non-hydrogen) atoms. The maximum atomic E-state index is 5.71. The Morgan fingerprint density at radius 3 is 2.56 bits per heavy atom. The van der Waals surface area contributed by atoms with Crippen molar-refractivity contribution in [2.75, 3.05) is 26.2 Å². The van der Waals surface area contributed by atoms with Crippen LogP contribution in [0.25, 0.3) is 0 Å². The topological polar surface area (TPSA) is 38.5 Å². The summed E-state index contributed by atoms with van der Waals surface area (Å²) < 4.78 is 5.61. The van der Waals surface area contributed by atoms with Crippen molar-refractivity contribution in [1.82, 2.24) is 4.90 Å². The molecule has 0 bridgehead atoms. The lowest BCUT2D eigenvalue weighted by atomic mass is 10.2. The Bertz CT molecular complexity index is 202. The quantitative estimate of drug-likeness (QED) is 0.649. The van der Waals surface area contributed by atoms with Crippen LogP contribution < -0.4 is 5.73 Å². The monoisotopic (exact) mass is 226 g/mol. The van der Waals surface area contributed by atoms with Crippen LogP contribution in [0.4, 0.5) is 0 Å². The van der Waals surface area contributed by atoms with Gasteiger partial charge in [0.2, 0.25) is 0 Å². The molecule has 94 valence electrons. The molecular formula is C13H26N2O. The molecule has 0 spiro atoms. The second-order valence-electron chi connectivity index (χ2n) is 5.27. The van der Waals surface area contributed by atoms with Crippen molar-refractivity contribution in [3.8, 4) is 0 Å². The molecule has 0 aliphatic heterocycles. The van der Waals surface area contributed by atoms with E-state index in [0.717, 1.165) is 25.0 Å². The van der Waals surface area contributed by atoms with Crippen LogP contribution in [0.5, 0.6) is 0 Å². The molecule has 0 heterocycles. The largest absolute Gasteiger partial charge is 0.377 e. The molecule has 0 amide bonds. The van der Waals surface area contributed by atoms with E-state index < -0.39 is 0 Å². The van der Waals surface area contributed by atoms with Crippen LogP contribution in [0.3, 0.4) is 0 Å². The Balaban J connectivity index is 1.67. The molecule has 2 aliphatic rings. The fourth-order valence-corrected chi connectivity index (χ4v) is 2.31. The van der Waals surface area contributed by atoms with E-state index in [1.165, 1.54) is 38.8 Å². The lowest BCUT2D eigenvalue weighted by Gasteiger charge is -2.24. The van der Waals surface area contributed by atoms with Gasteiger partial charge in [-0.3, -0.25) is 0 Å². The Morgan fingerprint density at radius 1 is 1.31 bits per heavy atom. The van der Waals surface area contributed by atoms with Gasteiger partial charge in [0.1, 0.15) is 0 Å². The molecule has 2 rings (SSSR count). The highest BCUT2D eigenvalue weighted by Gasteiger charge is 2.33. The Hall–Kier alpha value is -0.120. The first-order valence-electron chi connectivity index (χ1n) is 6.89. The predicted molar refractivity (Wildman–Crippen MR) is 66.4 cm³/mol. The van der Waals surface area contributed by atoms with Gasteiger partial charge in [-0.15, -0.1) is 0 Å². The smallest absolute Gasteiger partial charge is 0.0709 e. The third-order valence-electron chi connectivity index (χ3n) is 3.66. The van der Waals surface area contributed by atoms with Crippen LogP contribution in [0, 0.1) is 5.92 Å². The standard InChI is InChI=1S/C13H26N2O/c1-2-16-13(9-14)7-8-15(12-5-6-12)10-11-3-4-11/h11-13H,2-10,14H2,1H3. The van der Waals surface area contributed by atoms with Gasteiger partial charge in [0.05, 0.1) is 6.10 Å². The normalized spacial score (nSPS) is 22.7. The summed E-state index contributed by atoms with van der Waals surface area (Å²) in [7, 11) is 0. The summed E-state index contributed by atoms with van der Waals surface area (Å²) in [4.78, 5) is 2.68. The third kappa shape index (κ3) is 4.04.